The van der Waals surface area contributed by atoms with Crippen molar-refractivity contribution in [3.63, 3.8) is 0 Å². The highest BCUT2D eigenvalue weighted by Crippen LogP contribution is 2.26. The second-order valence-corrected chi connectivity index (χ2v) is 9.15. The number of aromatic nitrogens is 1. The van der Waals surface area contributed by atoms with E-state index < -0.39 is 18.5 Å². The Bertz CT molecular complexity index is 1230. The van der Waals surface area contributed by atoms with Crippen LogP contribution in [0.15, 0.2) is 54.6 Å². The minimum Gasteiger partial charge on any atom is -0.452 e. The summed E-state index contributed by atoms with van der Waals surface area (Å²) in [6.45, 7) is 0.0461. The third-order valence-electron chi connectivity index (χ3n) is 4.91. The van der Waals surface area contributed by atoms with Gasteiger partial charge >= 0.3 is 5.97 Å². The number of hydrogen-bond donors (Lipinski definition) is 1. The Labute approximate surface area is 204 Å². The molecule has 2 amide bonds. The maximum Gasteiger partial charge on any atom is 0.339 e. The van der Waals surface area contributed by atoms with Crippen LogP contribution in [0, 0.1) is 0 Å². The molecule has 0 radical (unpaired) electrons. The zero-order valence-electron chi connectivity index (χ0n) is 17.2. The molecule has 0 bridgehead atoms. The number of amides is 2. The molecule has 1 aromatic heterocycles. The Balaban J connectivity index is 1.43. The fourth-order valence-corrected chi connectivity index (χ4v) is 4.52. The molecule has 10 heteroatoms. The number of rotatable bonds is 7. The van der Waals surface area contributed by atoms with Gasteiger partial charge in [0.1, 0.15) is 4.32 Å². The first kappa shape index (κ1) is 23.2. The minimum absolute atomic E-state index is 0.0771. The highest BCUT2D eigenvalue weighted by Gasteiger charge is 2.26. The van der Waals surface area contributed by atoms with Crippen LogP contribution in [0.3, 0.4) is 0 Å². The van der Waals surface area contributed by atoms with E-state index in [-0.39, 0.29) is 19.0 Å². The van der Waals surface area contributed by atoms with Crippen LogP contribution in [0.5, 0.6) is 0 Å². The molecule has 2 aromatic carbocycles. The number of carbonyl (C=O) groups excluding carboxylic acids is 3. The molecular weight excluding hydrogens is 482 g/mol. The summed E-state index contributed by atoms with van der Waals surface area (Å²) in [6, 6.07) is 16.0. The summed E-state index contributed by atoms with van der Waals surface area (Å²) < 4.78 is 5.76. The van der Waals surface area contributed by atoms with Crippen LogP contribution in [0.2, 0.25) is 5.02 Å². The molecule has 1 N–H and O–H groups in total. The molecule has 7 nitrogen and oxygen atoms in total. The topological polar surface area (TPSA) is 88.6 Å². The number of benzene rings is 2. The van der Waals surface area contributed by atoms with Crippen LogP contribution >= 0.6 is 35.6 Å². The van der Waals surface area contributed by atoms with Crippen molar-refractivity contribution in [1.82, 2.24) is 15.2 Å². The molecule has 0 spiro atoms. The van der Waals surface area contributed by atoms with Crippen LogP contribution in [-0.4, -0.2) is 57.4 Å². The lowest BCUT2D eigenvalue weighted by molar-refractivity contribution is -0.126. The Morgan fingerprint density at radius 3 is 2.67 bits per heavy atom. The van der Waals surface area contributed by atoms with Gasteiger partial charge in [-0.3, -0.25) is 14.5 Å². The summed E-state index contributed by atoms with van der Waals surface area (Å²) in [4.78, 5) is 42.8. The van der Waals surface area contributed by atoms with E-state index in [1.54, 1.807) is 36.4 Å². The van der Waals surface area contributed by atoms with Gasteiger partial charge < -0.3 is 10.1 Å². The SMILES string of the molecule is O=C(COC(=O)c1cc(-c2ccc(Cl)cc2)nc2ccccc12)NCCN1C(=O)CSC1=S. The van der Waals surface area contributed by atoms with E-state index in [0.29, 0.717) is 37.3 Å². The number of thiocarbonyl (C=S) groups is 1. The average molecular weight is 500 g/mol. The van der Waals surface area contributed by atoms with Gasteiger partial charge in [-0.25, -0.2) is 9.78 Å². The molecule has 33 heavy (non-hydrogen) atoms. The fourth-order valence-electron chi connectivity index (χ4n) is 3.28. The highest BCUT2D eigenvalue weighted by molar-refractivity contribution is 8.23. The summed E-state index contributed by atoms with van der Waals surface area (Å²) in [5.41, 5.74) is 2.32. The summed E-state index contributed by atoms with van der Waals surface area (Å²) in [5.74, 6) is -0.856. The lowest BCUT2D eigenvalue weighted by Gasteiger charge is -2.15. The molecule has 1 aliphatic heterocycles. The normalized spacial score (nSPS) is 13.4. The predicted molar refractivity (Wildman–Crippen MR) is 132 cm³/mol. The summed E-state index contributed by atoms with van der Waals surface area (Å²) >= 11 is 12.4. The first-order chi connectivity index (χ1) is 15.9. The number of carbonyl (C=O) groups is 3. The smallest absolute Gasteiger partial charge is 0.339 e. The van der Waals surface area contributed by atoms with Crippen molar-refractivity contribution in [2.24, 2.45) is 0 Å². The number of ether oxygens (including phenoxy) is 1. The van der Waals surface area contributed by atoms with E-state index in [4.69, 9.17) is 28.6 Å². The average Bonchev–Trinajstić information content (AvgIpc) is 3.14. The minimum atomic E-state index is -0.633. The van der Waals surface area contributed by atoms with Crippen molar-refractivity contribution in [2.45, 2.75) is 0 Å². The molecule has 1 fully saturated rings. The Morgan fingerprint density at radius 1 is 1.18 bits per heavy atom. The van der Waals surface area contributed by atoms with Crippen molar-refractivity contribution in [3.8, 4) is 11.3 Å². The Kier molecular flexibility index (Phi) is 7.22. The number of hydrogen-bond acceptors (Lipinski definition) is 7. The number of esters is 1. The molecule has 3 aromatic rings. The van der Waals surface area contributed by atoms with E-state index in [0.717, 1.165) is 5.56 Å². The summed E-state index contributed by atoms with van der Waals surface area (Å²) in [5, 5.41) is 3.85. The van der Waals surface area contributed by atoms with Gasteiger partial charge in [-0.1, -0.05) is 65.9 Å². The van der Waals surface area contributed by atoms with Crippen molar-refractivity contribution in [1.29, 1.82) is 0 Å². The van der Waals surface area contributed by atoms with Gasteiger partial charge in [0.15, 0.2) is 6.61 Å². The van der Waals surface area contributed by atoms with Gasteiger partial charge in [-0.2, -0.15) is 0 Å². The zero-order chi connectivity index (χ0) is 23.4. The Hall–Kier alpha value is -3.01. The molecule has 0 atom stereocenters. The second kappa shape index (κ2) is 10.3. The lowest BCUT2D eigenvalue weighted by Crippen LogP contribution is -2.38. The van der Waals surface area contributed by atoms with Crippen LogP contribution in [0.1, 0.15) is 10.4 Å². The van der Waals surface area contributed by atoms with Gasteiger partial charge in [-0.15, -0.1) is 0 Å². The maximum absolute atomic E-state index is 12.8. The number of pyridine rings is 1. The molecule has 0 saturated carbocycles. The molecule has 4 rings (SSSR count). The Morgan fingerprint density at radius 2 is 1.94 bits per heavy atom. The first-order valence-electron chi connectivity index (χ1n) is 9.99. The molecule has 2 heterocycles. The van der Waals surface area contributed by atoms with E-state index in [2.05, 4.69) is 10.3 Å². The molecule has 0 aliphatic carbocycles. The van der Waals surface area contributed by atoms with Gasteiger partial charge in [0.2, 0.25) is 5.91 Å². The standard InChI is InChI=1S/C23H18ClN3O4S2/c24-15-7-5-14(6-8-15)19-11-17(16-3-1-2-4-18(16)26-19)22(30)31-12-20(28)25-9-10-27-21(29)13-33-23(27)32/h1-8,11H,9-10,12-13H2,(H,25,28). The second-order valence-electron chi connectivity index (χ2n) is 7.11. The highest BCUT2D eigenvalue weighted by atomic mass is 35.5. The zero-order valence-corrected chi connectivity index (χ0v) is 19.6. The number of para-hydroxylation sites is 1. The largest absolute Gasteiger partial charge is 0.452 e. The number of halogens is 1. The van der Waals surface area contributed by atoms with Crippen LogP contribution in [0.4, 0.5) is 0 Å². The van der Waals surface area contributed by atoms with E-state index >= 15 is 0 Å². The molecule has 1 saturated heterocycles. The van der Waals surface area contributed by atoms with E-state index in [9.17, 15) is 14.4 Å². The van der Waals surface area contributed by atoms with E-state index in [1.807, 2.05) is 18.2 Å². The number of fused-ring (bicyclic) bond motifs is 1. The third-order valence-corrected chi connectivity index (χ3v) is 6.59. The van der Waals surface area contributed by atoms with Gasteiger partial charge in [0.05, 0.1) is 22.5 Å². The molecule has 1 aliphatic rings. The summed E-state index contributed by atoms with van der Waals surface area (Å²) in [6.07, 6.45) is 0. The van der Waals surface area contributed by atoms with Gasteiger partial charge in [-0.05, 0) is 24.3 Å². The van der Waals surface area contributed by atoms with Gasteiger partial charge in [0.25, 0.3) is 5.91 Å². The quantitative estimate of drug-likeness (QED) is 0.392. The third kappa shape index (κ3) is 5.50. The monoisotopic (exact) mass is 499 g/mol. The number of nitrogens with zero attached hydrogens (tertiary/aromatic N) is 2. The van der Waals surface area contributed by atoms with Crippen LogP contribution in [-0.2, 0) is 14.3 Å². The van der Waals surface area contributed by atoms with Crippen molar-refractivity contribution >= 4 is 68.6 Å². The lowest BCUT2D eigenvalue weighted by atomic mass is 10.0. The number of thioether (sulfide) groups is 1. The maximum atomic E-state index is 12.8. The first-order valence-corrected chi connectivity index (χ1v) is 11.8. The van der Waals surface area contributed by atoms with Crippen LogP contribution in [0.25, 0.3) is 22.2 Å². The molecule has 0 unspecified atom stereocenters. The predicted octanol–water partition coefficient (Wildman–Crippen LogP) is 3.69. The fraction of sp³-hybridized carbons (Fsp3) is 0.174. The number of nitrogens with one attached hydrogen (secondary N) is 1. The van der Waals surface area contributed by atoms with Crippen molar-refractivity contribution < 1.29 is 19.1 Å². The van der Waals surface area contributed by atoms with E-state index in [1.165, 1.54) is 16.7 Å². The summed E-state index contributed by atoms with van der Waals surface area (Å²) in [7, 11) is 0. The van der Waals surface area contributed by atoms with Crippen molar-refractivity contribution in [2.75, 3.05) is 25.4 Å². The van der Waals surface area contributed by atoms with Crippen LogP contribution < -0.4 is 5.32 Å². The van der Waals surface area contributed by atoms with Crippen molar-refractivity contribution in [3.05, 3.63) is 65.2 Å². The van der Waals surface area contributed by atoms with Gasteiger partial charge in [0, 0.05) is 29.1 Å². The molecular formula is C23H18ClN3O4S2. The molecule has 168 valence electrons.